The Morgan fingerprint density at radius 2 is 1.93 bits per heavy atom. The van der Waals surface area contributed by atoms with Crippen molar-refractivity contribution >= 4 is 0 Å². The molecular formula is C19H18N8. The van der Waals surface area contributed by atoms with Crippen molar-refractivity contribution in [3.8, 4) is 5.82 Å². The van der Waals surface area contributed by atoms with Crippen molar-refractivity contribution in [3.05, 3.63) is 77.8 Å². The highest BCUT2D eigenvalue weighted by atomic mass is 15.5. The molecule has 1 aromatic carbocycles. The van der Waals surface area contributed by atoms with Crippen LogP contribution in [-0.4, -0.2) is 40.0 Å². The highest BCUT2D eigenvalue weighted by Crippen LogP contribution is 2.39. The Labute approximate surface area is 155 Å². The fraction of sp³-hybridized carbons (Fsp3) is 0.263. The Kier molecular flexibility index (Phi) is 3.74. The highest BCUT2D eigenvalue weighted by molar-refractivity contribution is 5.35. The molecule has 3 aromatic heterocycles. The average molecular weight is 358 g/mol. The van der Waals surface area contributed by atoms with Gasteiger partial charge in [0.05, 0.1) is 0 Å². The quantitative estimate of drug-likeness (QED) is 0.545. The number of benzene rings is 1. The van der Waals surface area contributed by atoms with E-state index in [-0.39, 0.29) is 6.04 Å². The summed E-state index contributed by atoms with van der Waals surface area (Å²) in [5.41, 5.74) is 2.07. The zero-order chi connectivity index (χ0) is 18.2. The van der Waals surface area contributed by atoms with E-state index < -0.39 is 0 Å². The molecule has 1 unspecified atom stereocenters. The van der Waals surface area contributed by atoms with Gasteiger partial charge in [-0.1, -0.05) is 36.4 Å². The minimum Gasteiger partial charge on any atom is -0.237 e. The van der Waals surface area contributed by atoms with Crippen molar-refractivity contribution in [2.45, 2.75) is 31.7 Å². The van der Waals surface area contributed by atoms with Crippen LogP contribution >= 0.6 is 0 Å². The van der Waals surface area contributed by atoms with Gasteiger partial charge in [0.15, 0.2) is 17.5 Å². The number of tetrazole rings is 1. The van der Waals surface area contributed by atoms with Gasteiger partial charge in [-0.15, -0.1) is 10.2 Å². The van der Waals surface area contributed by atoms with Crippen LogP contribution in [0.3, 0.4) is 0 Å². The van der Waals surface area contributed by atoms with Gasteiger partial charge in [-0.05, 0) is 47.4 Å². The summed E-state index contributed by atoms with van der Waals surface area (Å²) >= 11 is 0. The largest absolute Gasteiger partial charge is 0.237 e. The molecule has 0 amide bonds. The molecule has 1 saturated carbocycles. The first kappa shape index (κ1) is 15.8. The van der Waals surface area contributed by atoms with Gasteiger partial charge in [0.1, 0.15) is 12.4 Å². The molecule has 0 saturated heterocycles. The minimum absolute atomic E-state index is 0.289. The fourth-order valence-corrected chi connectivity index (χ4v) is 3.23. The number of rotatable bonds is 5. The van der Waals surface area contributed by atoms with Crippen molar-refractivity contribution in [3.63, 3.8) is 0 Å². The normalized spacial score (nSPS) is 15.0. The summed E-state index contributed by atoms with van der Waals surface area (Å²) in [7, 11) is 0. The van der Waals surface area contributed by atoms with Crippen LogP contribution in [-0.2, 0) is 0 Å². The first-order valence-electron chi connectivity index (χ1n) is 8.97. The smallest absolute Gasteiger partial charge is 0.163 e. The number of pyridine rings is 1. The highest BCUT2D eigenvalue weighted by Gasteiger charge is 2.33. The number of hydrogen-bond acceptors (Lipinski definition) is 6. The number of hydrogen-bond donors (Lipinski definition) is 0. The summed E-state index contributed by atoms with van der Waals surface area (Å²) in [5, 5.41) is 16.6. The summed E-state index contributed by atoms with van der Waals surface area (Å²) in [4.78, 5) is 9.48. The second kappa shape index (κ2) is 6.39. The predicted molar refractivity (Wildman–Crippen MR) is 97.4 cm³/mol. The SMILES string of the molecule is Cc1cccnc1-n1nc(C2CC2)nc1C(c1ccccc1)n1cnnn1. The van der Waals surface area contributed by atoms with Gasteiger partial charge in [-0.2, -0.15) is 4.68 Å². The lowest BCUT2D eigenvalue weighted by molar-refractivity contribution is 0.531. The first-order chi connectivity index (χ1) is 13.3. The lowest BCUT2D eigenvalue weighted by Gasteiger charge is -2.17. The van der Waals surface area contributed by atoms with Crippen LogP contribution < -0.4 is 0 Å². The van der Waals surface area contributed by atoms with Crippen molar-refractivity contribution in [1.82, 2.24) is 40.0 Å². The monoisotopic (exact) mass is 358 g/mol. The van der Waals surface area contributed by atoms with Gasteiger partial charge in [0.25, 0.3) is 0 Å². The molecule has 27 heavy (non-hydrogen) atoms. The van der Waals surface area contributed by atoms with Gasteiger partial charge >= 0.3 is 0 Å². The summed E-state index contributed by atoms with van der Waals surface area (Å²) in [6, 6.07) is 13.8. The zero-order valence-corrected chi connectivity index (χ0v) is 14.8. The summed E-state index contributed by atoms with van der Waals surface area (Å²) < 4.78 is 3.56. The van der Waals surface area contributed by atoms with E-state index in [0.29, 0.717) is 5.92 Å². The van der Waals surface area contributed by atoms with Gasteiger partial charge in [0.2, 0.25) is 0 Å². The Balaban J connectivity index is 1.73. The van der Waals surface area contributed by atoms with Gasteiger partial charge < -0.3 is 0 Å². The van der Waals surface area contributed by atoms with E-state index in [1.54, 1.807) is 17.2 Å². The third-order valence-electron chi connectivity index (χ3n) is 4.76. The molecule has 1 aliphatic carbocycles. The van der Waals surface area contributed by atoms with E-state index in [4.69, 9.17) is 10.1 Å². The average Bonchev–Trinajstić information content (AvgIpc) is 3.24. The molecule has 5 rings (SSSR count). The number of aromatic nitrogens is 8. The van der Waals surface area contributed by atoms with Crippen molar-refractivity contribution in [2.24, 2.45) is 0 Å². The van der Waals surface area contributed by atoms with Crippen LogP contribution in [0.2, 0.25) is 0 Å². The topological polar surface area (TPSA) is 87.2 Å². The van der Waals surface area contributed by atoms with Crippen molar-refractivity contribution < 1.29 is 0 Å². The van der Waals surface area contributed by atoms with E-state index in [1.807, 2.05) is 54.1 Å². The second-order valence-corrected chi connectivity index (χ2v) is 6.76. The van der Waals surface area contributed by atoms with Crippen LogP contribution in [0, 0.1) is 6.92 Å². The molecule has 0 radical (unpaired) electrons. The van der Waals surface area contributed by atoms with E-state index in [1.165, 1.54) is 0 Å². The predicted octanol–water partition coefficient (Wildman–Crippen LogP) is 2.47. The molecule has 4 aromatic rings. The third kappa shape index (κ3) is 2.88. The third-order valence-corrected chi connectivity index (χ3v) is 4.76. The lowest BCUT2D eigenvalue weighted by atomic mass is 10.1. The van der Waals surface area contributed by atoms with Crippen LogP contribution in [0.15, 0.2) is 55.0 Å². The Morgan fingerprint density at radius 3 is 2.63 bits per heavy atom. The number of nitrogens with zero attached hydrogens (tertiary/aromatic N) is 8. The second-order valence-electron chi connectivity index (χ2n) is 6.76. The van der Waals surface area contributed by atoms with E-state index >= 15 is 0 Å². The molecule has 1 fully saturated rings. The first-order valence-corrected chi connectivity index (χ1v) is 8.97. The summed E-state index contributed by atoms with van der Waals surface area (Å²) in [5.74, 6) is 2.83. The van der Waals surface area contributed by atoms with Gasteiger partial charge in [-0.25, -0.2) is 14.6 Å². The fourth-order valence-electron chi connectivity index (χ4n) is 3.23. The lowest BCUT2D eigenvalue weighted by Crippen LogP contribution is -2.19. The zero-order valence-electron chi connectivity index (χ0n) is 14.8. The molecule has 0 spiro atoms. The molecule has 0 aliphatic heterocycles. The van der Waals surface area contributed by atoms with Crippen LogP contribution in [0.4, 0.5) is 0 Å². The molecule has 134 valence electrons. The van der Waals surface area contributed by atoms with Crippen molar-refractivity contribution in [1.29, 1.82) is 0 Å². The van der Waals surface area contributed by atoms with Crippen LogP contribution in [0.25, 0.3) is 5.82 Å². The van der Waals surface area contributed by atoms with E-state index in [2.05, 4.69) is 20.5 Å². The standard InChI is InChI=1S/C19H18N8/c1-13-6-5-11-20-18(13)27-19(22-17(23-27)15-9-10-15)16(26-12-21-24-25-26)14-7-3-2-4-8-14/h2-8,11-12,15-16H,9-10H2,1H3. The maximum absolute atomic E-state index is 4.92. The molecule has 8 heteroatoms. The molecule has 8 nitrogen and oxygen atoms in total. The molecule has 0 bridgehead atoms. The van der Waals surface area contributed by atoms with Crippen LogP contribution in [0.1, 0.15) is 47.6 Å². The van der Waals surface area contributed by atoms with Crippen LogP contribution in [0.5, 0.6) is 0 Å². The van der Waals surface area contributed by atoms with Crippen molar-refractivity contribution in [2.75, 3.05) is 0 Å². The maximum Gasteiger partial charge on any atom is 0.163 e. The number of aryl methyl sites for hydroxylation is 1. The summed E-state index contributed by atoms with van der Waals surface area (Å²) in [6.07, 6.45) is 5.65. The van der Waals surface area contributed by atoms with E-state index in [9.17, 15) is 0 Å². The molecule has 1 aliphatic rings. The molecule has 3 heterocycles. The molecule has 1 atom stereocenters. The maximum atomic E-state index is 4.92. The van der Waals surface area contributed by atoms with E-state index in [0.717, 1.165) is 41.4 Å². The molecule has 0 N–H and O–H groups in total. The van der Waals surface area contributed by atoms with Gasteiger partial charge in [-0.3, -0.25) is 0 Å². The van der Waals surface area contributed by atoms with Gasteiger partial charge in [0, 0.05) is 12.1 Å². The molecular weight excluding hydrogens is 340 g/mol. The minimum atomic E-state index is -0.289. The Bertz CT molecular complexity index is 1050. The Hall–Kier alpha value is -3.42. The Morgan fingerprint density at radius 1 is 1.07 bits per heavy atom. The summed E-state index contributed by atoms with van der Waals surface area (Å²) in [6.45, 7) is 2.03.